The van der Waals surface area contributed by atoms with Crippen LogP contribution in [0.5, 0.6) is 0 Å². The summed E-state index contributed by atoms with van der Waals surface area (Å²) in [5, 5.41) is 9.56. The molecule has 1 amide bonds. The lowest BCUT2D eigenvalue weighted by molar-refractivity contribution is -0.123. The van der Waals surface area contributed by atoms with Crippen molar-refractivity contribution in [3.05, 3.63) is 18.0 Å². The van der Waals surface area contributed by atoms with Gasteiger partial charge in [0.25, 0.3) is 0 Å². The number of aromatic nitrogens is 2. The molecule has 0 saturated heterocycles. The molecule has 76 valence electrons. The fourth-order valence-electron chi connectivity index (χ4n) is 1.59. The quantitative estimate of drug-likeness (QED) is 0.758. The summed E-state index contributed by atoms with van der Waals surface area (Å²) in [5.74, 6) is 0.974. The van der Waals surface area contributed by atoms with E-state index < -0.39 is 0 Å². The van der Waals surface area contributed by atoms with E-state index in [4.69, 9.17) is 0 Å². The lowest BCUT2D eigenvalue weighted by Gasteiger charge is -2.11. The number of rotatable bonds is 3. The average Bonchev–Trinajstić information content (AvgIpc) is 2.70. The molecule has 0 spiro atoms. The topological polar surface area (TPSA) is 57.8 Å². The number of carbonyl (C=O) groups is 1. The number of amides is 1. The Balaban J connectivity index is 1.88. The number of H-pyrrole nitrogens is 1. The molecule has 1 aromatic rings. The van der Waals surface area contributed by atoms with Crippen LogP contribution in [0.3, 0.4) is 0 Å². The zero-order chi connectivity index (χ0) is 10.1. The first kappa shape index (κ1) is 9.24. The summed E-state index contributed by atoms with van der Waals surface area (Å²) in [6.45, 7) is 4.07. The van der Waals surface area contributed by atoms with Gasteiger partial charge >= 0.3 is 0 Å². The summed E-state index contributed by atoms with van der Waals surface area (Å²) in [6, 6.07) is 0.0500. The predicted octanol–water partition coefficient (Wildman–Crippen LogP) is 1.24. The van der Waals surface area contributed by atoms with E-state index in [2.05, 4.69) is 22.4 Å². The number of nitrogens with zero attached hydrogens (tertiary/aromatic N) is 1. The Kier molecular flexibility index (Phi) is 2.27. The van der Waals surface area contributed by atoms with E-state index in [1.54, 1.807) is 12.4 Å². The molecule has 1 saturated carbocycles. The number of aromatic amines is 1. The highest BCUT2D eigenvalue weighted by Crippen LogP contribution is 2.38. The summed E-state index contributed by atoms with van der Waals surface area (Å²) < 4.78 is 0. The number of nitrogens with one attached hydrogen (secondary N) is 2. The van der Waals surface area contributed by atoms with Crippen LogP contribution in [0.15, 0.2) is 12.4 Å². The smallest absolute Gasteiger partial charge is 0.223 e. The molecule has 2 rings (SSSR count). The van der Waals surface area contributed by atoms with Crippen LogP contribution in [0, 0.1) is 11.8 Å². The Bertz CT molecular complexity index is 320. The van der Waals surface area contributed by atoms with Gasteiger partial charge in [-0.2, -0.15) is 5.10 Å². The minimum Gasteiger partial charge on any atom is -0.349 e. The van der Waals surface area contributed by atoms with E-state index >= 15 is 0 Å². The fraction of sp³-hybridized carbons (Fsp3) is 0.600. The first-order valence-electron chi connectivity index (χ1n) is 4.97. The van der Waals surface area contributed by atoms with Gasteiger partial charge in [-0.3, -0.25) is 9.89 Å². The predicted molar refractivity (Wildman–Crippen MR) is 52.4 cm³/mol. The van der Waals surface area contributed by atoms with Gasteiger partial charge in [0.05, 0.1) is 12.2 Å². The Labute approximate surface area is 83.1 Å². The standard InChI is InChI=1S/C10H15N3O/c1-6-3-9(6)10(14)13-7(2)8-4-11-12-5-8/h4-7,9H,3H2,1-2H3,(H,11,12)(H,13,14). The van der Waals surface area contributed by atoms with Gasteiger partial charge in [-0.25, -0.2) is 0 Å². The van der Waals surface area contributed by atoms with Crippen LogP contribution in [-0.4, -0.2) is 16.1 Å². The summed E-state index contributed by atoms with van der Waals surface area (Å²) in [7, 11) is 0. The molecular weight excluding hydrogens is 178 g/mol. The first-order valence-corrected chi connectivity index (χ1v) is 4.97. The second-order valence-electron chi connectivity index (χ2n) is 4.08. The van der Waals surface area contributed by atoms with Gasteiger partial charge in [-0.05, 0) is 19.3 Å². The monoisotopic (exact) mass is 193 g/mol. The Morgan fingerprint density at radius 1 is 1.79 bits per heavy atom. The fourth-order valence-corrected chi connectivity index (χ4v) is 1.59. The zero-order valence-electron chi connectivity index (χ0n) is 8.45. The zero-order valence-corrected chi connectivity index (χ0v) is 8.45. The third-order valence-electron chi connectivity index (χ3n) is 2.82. The largest absolute Gasteiger partial charge is 0.349 e. The molecule has 0 aliphatic heterocycles. The molecule has 4 heteroatoms. The number of carbonyl (C=O) groups excluding carboxylic acids is 1. The van der Waals surface area contributed by atoms with E-state index in [-0.39, 0.29) is 17.9 Å². The second-order valence-corrected chi connectivity index (χ2v) is 4.08. The van der Waals surface area contributed by atoms with Crippen LogP contribution >= 0.6 is 0 Å². The van der Waals surface area contributed by atoms with Crippen molar-refractivity contribution in [1.82, 2.24) is 15.5 Å². The van der Waals surface area contributed by atoms with Crippen molar-refractivity contribution < 1.29 is 4.79 Å². The molecule has 3 atom stereocenters. The highest BCUT2D eigenvalue weighted by molar-refractivity contribution is 5.81. The van der Waals surface area contributed by atoms with Crippen molar-refractivity contribution in [2.45, 2.75) is 26.3 Å². The molecule has 0 radical (unpaired) electrons. The maximum atomic E-state index is 11.6. The molecule has 1 fully saturated rings. The van der Waals surface area contributed by atoms with Gasteiger partial charge in [0.15, 0.2) is 0 Å². The average molecular weight is 193 g/mol. The van der Waals surface area contributed by atoms with Crippen molar-refractivity contribution in [1.29, 1.82) is 0 Å². The van der Waals surface area contributed by atoms with Crippen LogP contribution in [0.2, 0.25) is 0 Å². The molecule has 1 aromatic heterocycles. The first-order chi connectivity index (χ1) is 6.68. The van der Waals surface area contributed by atoms with Crippen LogP contribution in [0.25, 0.3) is 0 Å². The van der Waals surface area contributed by atoms with Crippen molar-refractivity contribution in [2.75, 3.05) is 0 Å². The third kappa shape index (κ3) is 1.78. The molecule has 2 N–H and O–H groups in total. The molecule has 1 heterocycles. The van der Waals surface area contributed by atoms with Gasteiger partial charge < -0.3 is 5.32 Å². The SMILES string of the molecule is CC(NC(=O)C1CC1C)c1cn[nH]c1. The Morgan fingerprint density at radius 3 is 3.00 bits per heavy atom. The van der Waals surface area contributed by atoms with E-state index in [1.165, 1.54) is 0 Å². The van der Waals surface area contributed by atoms with Crippen LogP contribution in [0.4, 0.5) is 0 Å². The summed E-state index contributed by atoms with van der Waals surface area (Å²) >= 11 is 0. The van der Waals surface area contributed by atoms with Crippen molar-refractivity contribution >= 4 is 5.91 Å². The van der Waals surface area contributed by atoms with Gasteiger partial charge in [0.1, 0.15) is 0 Å². The van der Waals surface area contributed by atoms with Crippen molar-refractivity contribution in [3.8, 4) is 0 Å². The maximum Gasteiger partial charge on any atom is 0.223 e. The van der Waals surface area contributed by atoms with Gasteiger partial charge in [-0.1, -0.05) is 6.92 Å². The van der Waals surface area contributed by atoms with E-state index in [0.717, 1.165) is 12.0 Å². The minimum atomic E-state index is 0.0500. The molecule has 1 aliphatic rings. The highest BCUT2D eigenvalue weighted by atomic mass is 16.2. The van der Waals surface area contributed by atoms with Gasteiger partial charge in [-0.15, -0.1) is 0 Å². The van der Waals surface area contributed by atoms with E-state index in [0.29, 0.717) is 5.92 Å². The molecule has 1 aliphatic carbocycles. The van der Waals surface area contributed by atoms with Crippen molar-refractivity contribution in [2.24, 2.45) is 11.8 Å². The Morgan fingerprint density at radius 2 is 2.50 bits per heavy atom. The van der Waals surface area contributed by atoms with Crippen LogP contribution < -0.4 is 5.32 Å². The third-order valence-corrected chi connectivity index (χ3v) is 2.82. The van der Waals surface area contributed by atoms with Crippen LogP contribution in [-0.2, 0) is 4.79 Å². The summed E-state index contributed by atoms with van der Waals surface area (Å²) in [6.07, 6.45) is 4.58. The van der Waals surface area contributed by atoms with E-state index in [1.807, 2.05) is 6.92 Å². The molecule has 3 unspecified atom stereocenters. The van der Waals surface area contributed by atoms with Gasteiger partial charge in [0.2, 0.25) is 5.91 Å². The van der Waals surface area contributed by atoms with Crippen molar-refractivity contribution in [3.63, 3.8) is 0 Å². The molecule has 4 nitrogen and oxygen atoms in total. The maximum absolute atomic E-state index is 11.6. The number of hydrogen-bond acceptors (Lipinski definition) is 2. The van der Waals surface area contributed by atoms with Gasteiger partial charge in [0, 0.05) is 17.7 Å². The molecule has 0 aromatic carbocycles. The normalized spacial score (nSPS) is 27.0. The van der Waals surface area contributed by atoms with E-state index in [9.17, 15) is 4.79 Å². The van der Waals surface area contributed by atoms with Crippen LogP contribution in [0.1, 0.15) is 31.9 Å². The molecule has 14 heavy (non-hydrogen) atoms. The second kappa shape index (κ2) is 3.44. The molecular formula is C10H15N3O. The summed E-state index contributed by atoms with van der Waals surface area (Å²) in [5.41, 5.74) is 1.02. The summed E-state index contributed by atoms with van der Waals surface area (Å²) in [4.78, 5) is 11.6. The Hall–Kier alpha value is -1.32. The number of hydrogen-bond donors (Lipinski definition) is 2. The lowest BCUT2D eigenvalue weighted by Crippen LogP contribution is -2.28. The minimum absolute atomic E-state index is 0.0500. The highest BCUT2D eigenvalue weighted by Gasteiger charge is 2.39. The lowest BCUT2D eigenvalue weighted by atomic mass is 10.2. The molecule has 0 bridgehead atoms.